The zero-order valence-corrected chi connectivity index (χ0v) is 12.1. The van der Waals surface area contributed by atoms with E-state index in [2.05, 4.69) is 35.6 Å². The number of benzene rings is 1. The van der Waals surface area contributed by atoms with Gasteiger partial charge < -0.3 is 4.90 Å². The zero-order chi connectivity index (χ0) is 12.1. The summed E-state index contributed by atoms with van der Waals surface area (Å²) in [5.41, 5.74) is 2.37. The summed E-state index contributed by atoms with van der Waals surface area (Å²) in [6.45, 7) is 3.93. The van der Waals surface area contributed by atoms with Gasteiger partial charge in [-0.2, -0.15) is 0 Å². The van der Waals surface area contributed by atoms with Crippen molar-refractivity contribution in [3.05, 3.63) is 73.1 Å². The van der Waals surface area contributed by atoms with Crippen LogP contribution in [0.25, 0.3) is 0 Å². The van der Waals surface area contributed by atoms with Gasteiger partial charge in [-0.25, -0.2) is 0 Å². The Labute approximate surface area is 119 Å². The average Bonchev–Trinajstić information content (AvgIpc) is 2.42. The first kappa shape index (κ1) is 14.5. The number of rotatable bonds is 4. The molecule has 0 saturated heterocycles. The molecule has 0 aliphatic heterocycles. The first-order valence-electron chi connectivity index (χ1n) is 5.63. The van der Waals surface area contributed by atoms with Crippen LogP contribution >= 0.6 is 17.0 Å². The lowest BCUT2D eigenvalue weighted by atomic mass is 10.1. The molecule has 0 amide bonds. The molecule has 1 atom stereocenters. The lowest BCUT2D eigenvalue weighted by molar-refractivity contribution is 0.811. The van der Waals surface area contributed by atoms with E-state index in [1.165, 1.54) is 5.56 Å². The first-order chi connectivity index (χ1) is 8.33. The van der Waals surface area contributed by atoms with Crippen molar-refractivity contribution in [2.24, 2.45) is 0 Å². The summed E-state index contributed by atoms with van der Waals surface area (Å²) in [6, 6.07) is 14.5. The number of aromatic nitrogens is 1. The van der Waals surface area contributed by atoms with Gasteiger partial charge in [0, 0.05) is 25.1 Å². The number of halogens is 1. The Balaban J connectivity index is 0.00000162. The van der Waals surface area contributed by atoms with Gasteiger partial charge >= 0.3 is 0 Å². The fraction of sp³-hybridized carbons (Fsp3) is 0.133. The highest BCUT2D eigenvalue weighted by molar-refractivity contribution is 8.93. The molecular formula is C15H17BrN2. The van der Waals surface area contributed by atoms with Crippen molar-refractivity contribution in [3.8, 4) is 0 Å². The van der Waals surface area contributed by atoms with Gasteiger partial charge in [-0.15, -0.1) is 23.6 Å². The molecule has 0 aliphatic carbocycles. The van der Waals surface area contributed by atoms with Crippen molar-refractivity contribution in [2.75, 3.05) is 11.9 Å². The molecule has 0 aliphatic rings. The molecular weight excluding hydrogens is 288 g/mol. The van der Waals surface area contributed by atoms with E-state index in [1.54, 1.807) is 12.4 Å². The fourth-order valence-corrected chi connectivity index (χ4v) is 1.91. The Morgan fingerprint density at radius 3 is 2.28 bits per heavy atom. The highest BCUT2D eigenvalue weighted by Gasteiger charge is 2.13. The van der Waals surface area contributed by atoms with Gasteiger partial charge in [-0.3, -0.25) is 4.98 Å². The Kier molecular flexibility index (Phi) is 5.59. The Morgan fingerprint density at radius 2 is 1.72 bits per heavy atom. The molecule has 18 heavy (non-hydrogen) atoms. The van der Waals surface area contributed by atoms with Gasteiger partial charge in [0.1, 0.15) is 0 Å². The molecule has 0 bridgehead atoms. The van der Waals surface area contributed by atoms with E-state index in [9.17, 15) is 0 Å². The maximum Gasteiger partial charge on any atom is 0.0720 e. The van der Waals surface area contributed by atoms with Crippen molar-refractivity contribution in [1.82, 2.24) is 4.98 Å². The van der Waals surface area contributed by atoms with Gasteiger partial charge in [-0.05, 0) is 17.7 Å². The summed E-state index contributed by atoms with van der Waals surface area (Å²) in [5.74, 6) is 0. The third-order valence-corrected chi connectivity index (χ3v) is 2.85. The second-order valence-corrected chi connectivity index (χ2v) is 3.91. The van der Waals surface area contributed by atoms with Crippen LogP contribution in [0.1, 0.15) is 11.6 Å². The van der Waals surface area contributed by atoms with Crippen LogP contribution in [0.2, 0.25) is 0 Å². The molecule has 2 rings (SSSR count). The van der Waals surface area contributed by atoms with Gasteiger partial charge in [0.05, 0.1) is 6.04 Å². The van der Waals surface area contributed by atoms with Crippen molar-refractivity contribution in [3.63, 3.8) is 0 Å². The maximum atomic E-state index is 4.03. The van der Waals surface area contributed by atoms with Crippen LogP contribution in [0.15, 0.2) is 67.5 Å². The summed E-state index contributed by atoms with van der Waals surface area (Å²) in [5, 5.41) is 0. The van der Waals surface area contributed by atoms with Gasteiger partial charge in [0.15, 0.2) is 0 Å². The molecule has 0 saturated carbocycles. The molecule has 1 heterocycles. The van der Waals surface area contributed by atoms with Crippen molar-refractivity contribution < 1.29 is 0 Å². The van der Waals surface area contributed by atoms with Gasteiger partial charge in [0.2, 0.25) is 0 Å². The smallest absolute Gasteiger partial charge is 0.0720 e. The van der Waals surface area contributed by atoms with E-state index >= 15 is 0 Å². The van der Waals surface area contributed by atoms with E-state index < -0.39 is 0 Å². The number of anilines is 1. The molecule has 2 aromatic rings. The van der Waals surface area contributed by atoms with Crippen LogP contribution in [0.4, 0.5) is 5.69 Å². The number of likely N-dealkylation sites (N-methyl/N-ethyl adjacent to an activating group) is 1. The van der Waals surface area contributed by atoms with Crippen LogP contribution in [-0.2, 0) is 0 Å². The molecule has 1 unspecified atom stereocenters. The average molecular weight is 305 g/mol. The summed E-state index contributed by atoms with van der Waals surface area (Å²) in [6.07, 6.45) is 5.56. The molecule has 0 fully saturated rings. The summed E-state index contributed by atoms with van der Waals surface area (Å²) in [4.78, 5) is 6.22. The van der Waals surface area contributed by atoms with E-state index in [-0.39, 0.29) is 23.0 Å². The molecule has 1 aromatic carbocycles. The Hall–Kier alpha value is -1.61. The minimum Gasteiger partial charge on any atom is -0.364 e. The molecule has 0 spiro atoms. The van der Waals surface area contributed by atoms with E-state index in [0.717, 1.165) is 5.69 Å². The number of pyridine rings is 1. The van der Waals surface area contributed by atoms with Gasteiger partial charge in [0.25, 0.3) is 0 Å². The topological polar surface area (TPSA) is 16.1 Å². The summed E-state index contributed by atoms with van der Waals surface area (Å²) < 4.78 is 0. The van der Waals surface area contributed by atoms with Crippen molar-refractivity contribution >= 4 is 22.7 Å². The van der Waals surface area contributed by atoms with Gasteiger partial charge in [-0.1, -0.05) is 36.4 Å². The second kappa shape index (κ2) is 6.97. The van der Waals surface area contributed by atoms with E-state index in [1.807, 2.05) is 36.4 Å². The maximum absolute atomic E-state index is 4.03. The fourth-order valence-electron chi connectivity index (χ4n) is 1.91. The Morgan fingerprint density at radius 1 is 1.11 bits per heavy atom. The quantitative estimate of drug-likeness (QED) is 0.793. The number of hydrogen-bond donors (Lipinski definition) is 0. The number of nitrogens with zero attached hydrogens (tertiary/aromatic N) is 2. The highest BCUT2D eigenvalue weighted by atomic mass is 79.9. The molecule has 2 nitrogen and oxygen atoms in total. The molecule has 0 N–H and O–H groups in total. The van der Waals surface area contributed by atoms with Crippen molar-refractivity contribution in [1.29, 1.82) is 0 Å². The third kappa shape index (κ3) is 3.20. The molecule has 3 heteroatoms. The summed E-state index contributed by atoms with van der Waals surface area (Å²) >= 11 is 0. The first-order valence-corrected chi connectivity index (χ1v) is 5.63. The largest absolute Gasteiger partial charge is 0.364 e. The lowest BCUT2D eigenvalue weighted by Crippen LogP contribution is -2.22. The van der Waals surface area contributed by atoms with Crippen LogP contribution in [0.5, 0.6) is 0 Å². The lowest BCUT2D eigenvalue weighted by Gasteiger charge is -2.27. The normalized spacial score (nSPS) is 11.2. The zero-order valence-electron chi connectivity index (χ0n) is 10.4. The standard InChI is InChI=1S/C15H16N2.BrH/c1-3-15(13-7-5-4-6-8-13)17(2)14-9-11-16-12-10-14;/h3-12,15H,1H2,2H3;1H. The van der Waals surface area contributed by atoms with E-state index in [0.29, 0.717) is 0 Å². The van der Waals surface area contributed by atoms with E-state index in [4.69, 9.17) is 0 Å². The van der Waals surface area contributed by atoms with Crippen LogP contribution in [0, 0.1) is 0 Å². The van der Waals surface area contributed by atoms with Crippen LogP contribution in [-0.4, -0.2) is 12.0 Å². The predicted octanol–water partition coefficient (Wildman–Crippen LogP) is 4.02. The van der Waals surface area contributed by atoms with Crippen LogP contribution < -0.4 is 4.90 Å². The Bertz CT molecular complexity index is 470. The molecule has 94 valence electrons. The predicted molar refractivity (Wildman–Crippen MR) is 82.3 cm³/mol. The number of hydrogen-bond acceptors (Lipinski definition) is 2. The molecule has 0 radical (unpaired) electrons. The van der Waals surface area contributed by atoms with Crippen LogP contribution in [0.3, 0.4) is 0 Å². The highest BCUT2D eigenvalue weighted by Crippen LogP contribution is 2.25. The minimum absolute atomic E-state index is 0. The third-order valence-electron chi connectivity index (χ3n) is 2.85. The molecule has 1 aromatic heterocycles. The SMILES string of the molecule is Br.C=CC(c1ccccc1)N(C)c1ccncc1. The monoisotopic (exact) mass is 304 g/mol. The minimum atomic E-state index is 0. The summed E-state index contributed by atoms with van der Waals surface area (Å²) in [7, 11) is 2.06. The van der Waals surface area contributed by atoms with Crippen molar-refractivity contribution in [2.45, 2.75) is 6.04 Å². The second-order valence-electron chi connectivity index (χ2n) is 3.91.